The number of anilines is 2. The first-order valence-corrected chi connectivity index (χ1v) is 6.03. The molecule has 1 aromatic rings. The van der Waals surface area contributed by atoms with Crippen molar-refractivity contribution in [3.8, 4) is 0 Å². The quantitative estimate of drug-likeness (QED) is 0.698. The van der Waals surface area contributed by atoms with Crippen LogP contribution in [0.2, 0.25) is 0 Å². The van der Waals surface area contributed by atoms with E-state index in [2.05, 4.69) is 10.6 Å². The van der Waals surface area contributed by atoms with Gasteiger partial charge in [-0.2, -0.15) is 0 Å². The van der Waals surface area contributed by atoms with Crippen LogP contribution in [-0.2, 0) is 4.79 Å². The Hall–Kier alpha value is -1.55. The van der Waals surface area contributed by atoms with Gasteiger partial charge in [-0.3, -0.25) is 4.79 Å². The molecular formula is C13H18N2O2. The van der Waals surface area contributed by atoms with Gasteiger partial charge in [0.1, 0.15) is 0 Å². The van der Waals surface area contributed by atoms with Crippen molar-refractivity contribution in [2.24, 2.45) is 0 Å². The van der Waals surface area contributed by atoms with Crippen LogP contribution >= 0.6 is 0 Å². The van der Waals surface area contributed by atoms with Crippen molar-refractivity contribution in [2.45, 2.75) is 37.8 Å². The van der Waals surface area contributed by atoms with Gasteiger partial charge in [-0.25, -0.2) is 0 Å². The molecule has 1 aliphatic rings. The number of carbonyl (C=O) groups is 1. The standard InChI is InChI=1S/C13H18N2O2/c16-9-14-12-3-1-2-4-13(12)15-10-5-7-11(17)8-6-10/h1-4,9-11,15,17H,5-8H2,(H,14,16). The molecule has 0 bridgehead atoms. The minimum atomic E-state index is -0.142. The van der Waals surface area contributed by atoms with Crippen LogP contribution in [0.3, 0.4) is 0 Å². The number of benzene rings is 1. The number of hydrogen-bond donors (Lipinski definition) is 3. The van der Waals surface area contributed by atoms with E-state index in [-0.39, 0.29) is 6.10 Å². The van der Waals surface area contributed by atoms with Crippen molar-refractivity contribution in [1.82, 2.24) is 0 Å². The molecule has 0 radical (unpaired) electrons. The van der Waals surface area contributed by atoms with Gasteiger partial charge in [-0.1, -0.05) is 12.1 Å². The van der Waals surface area contributed by atoms with Crippen molar-refractivity contribution < 1.29 is 9.90 Å². The average Bonchev–Trinajstić information content (AvgIpc) is 2.35. The predicted molar refractivity (Wildman–Crippen MR) is 68.0 cm³/mol. The van der Waals surface area contributed by atoms with Crippen LogP contribution in [0.15, 0.2) is 24.3 Å². The largest absolute Gasteiger partial charge is 0.393 e. The van der Waals surface area contributed by atoms with Crippen molar-refractivity contribution in [1.29, 1.82) is 0 Å². The summed E-state index contributed by atoms with van der Waals surface area (Å²) < 4.78 is 0. The van der Waals surface area contributed by atoms with E-state index in [1.54, 1.807) is 0 Å². The lowest BCUT2D eigenvalue weighted by Gasteiger charge is -2.27. The number of hydrogen-bond acceptors (Lipinski definition) is 3. The maximum atomic E-state index is 10.5. The van der Waals surface area contributed by atoms with Gasteiger partial charge in [0.05, 0.1) is 17.5 Å². The molecule has 17 heavy (non-hydrogen) atoms. The maximum Gasteiger partial charge on any atom is 0.211 e. The molecule has 0 aliphatic heterocycles. The molecule has 3 N–H and O–H groups in total. The lowest BCUT2D eigenvalue weighted by Crippen LogP contribution is -2.28. The molecule has 1 saturated carbocycles. The Bertz CT molecular complexity index is 373. The highest BCUT2D eigenvalue weighted by Gasteiger charge is 2.19. The molecule has 1 amide bonds. The zero-order chi connectivity index (χ0) is 12.1. The van der Waals surface area contributed by atoms with E-state index in [1.165, 1.54) is 0 Å². The van der Waals surface area contributed by atoms with Gasteiger partial charge in [-0.15, -0.1) is 0 Å². The SMILES string of the molecule is O=CNc1ccccc1NC1CCC(O)CC1. The first-order valence-electron chi connectivity index (χ1n) is 6.03. The number of carbonyl (C=O) groups excluding carboxylic acids is 1. The molecule has 4 heteroatoms. The fraction of sp³-hybridized carbons (Fsp3) is 0.462. The van der Waals surface area contributed by atoms with E-state index in [0.29, 0.717) is 12.5 Å². The molecule has 2 rings (SSSR count). The molecule has 0 heterocycles. The molecule has 0 aromatic heterocycles. The van der Waals surface area contributed by atoms with Crippen LogP contribution in [0.5, 0.6) is 0 Å². The second-order valence-corrected chi connectivity index (χ2v) is 4.46. The van der Waals surface area contributed by atoms with Gasteiger partial charge in [-0.05, 0) is 37.8 Å². The first-order chi connectivity index (χ1) is 8.29. The molecule has 1 aliphatic carbocycles. The highest BCUT2D eigenvalue weighted by atomic mass is 16.3. The molecule has 1 aromatic carbocycles. The van der Waals surface area contributed by atoms with Gasteiger partial charge in [0.25, 0.3) is 0 Å². The zero-order valence-corrected chi connectivity index (χ0v) is 9.73. The van der Waals surface area contributed by atoms with E-state index in [0.717, 1.165) is 37.1 Å². The van der Waals surface area contributed by atoms with Crippen LogP contribution in [0, 0.1) is 0 Å². The maximum absolute atomic E-state index is 10.5. The number of aliphatic hydroxyl groups excluding tert-OH is 1. The van der Waals surface area contributed by atoms with Crippen LogP contribution in [0.1, 0.15) is 25.7 Å². The highest BCUT2D eigenvalue weighted by Crippen LogP contribution is 2.26. The summed E-state index contributed by atoms with van der Waals surface area (Å²) in [6.07, 6.45) is 4.18. The van der Waals surface area contributed by atoms with Gasteiger partial charge in [0, 0.05) is 6.04 Å². The summed E-state index contributed by atoms with van der Waals surface area (Å²) in [5, 5.41) is 15.5. The summed E-state index contributed by atoms with van der Waals surface area (Å²) in [5.74, 6) is 0. The monoisotopic (exact) mass is 234 g/mol. The van der Waals surface area contributed by atoms with Gasteiger partial charge >= 0.3 is 0 Å². The van der Waals surface area contributed by atoms with Gasteiger partial charge < -0.3 is 15.7 Å². The van der Waals surface area contributed by atoms with Crippen LogP contribution < -0.4 is 10.6 Å². The fourth-order valence-corrected chi connectivity index (χ4v) is 2.24. The van der Waals surface area contributed by atoms with E-state index in [9.17, 15) is 9.90 Å². The highest BCUT2D eigenvalue weighted by molar-refractivity contribution is 5.80. The number of para-hydroxylation sites is 2. The Balaban J connectivity index is 2.00. The molecule has 0 spiro atoms. The predicted octanol–water partition coefficient (Wildman–Crippen LogP) is 1.97. The summed E-state index contributed by atoms with van der Waals surface area (Å²) >= 11 is 0. The van der Waals surface area contributed by atoms with Crippen molar-refractivity contribution in [2.75, 3.05) is 10.6 Å². The molecule has 0 unspecified atom stereocenters. The molecule has 4 nitrogen and oxygen atoms in total. The smallest absolute Gasteiger partial charge is 0.211 e. The Kier molecular flexibility index (Phi) is 3.98. The molecule has 0 atom stereocenters. The molecule has 0 saturated heterocycles. The third-order valence-corrected chi connectivity index (χ3v) is 3.20. The topological polar surface area (TPSA) is 61.4 Å². The zero-order valence-electron chi connectivity index (χ0n) is 9.73. The molecule has 92 valence electrons. The minimum absolute atomic E-state index is 0.142. The summed E-state index contributed by atoms with van der Waals surface area (Å²) in [7, 11) is 0. The van der Waals surface area contributed by atoms with Crippen LogP contribution in [0.25, 0.3) is 0 Å². The summed E-state index contributed by atoms with van der Waals surface area (Å²) in [6.45, 7) is 0. The Morgan fingerprint density at radius 2 is 1.76 bits per heavy atom. The summed E-state index contributed by atoms with van der Waals surface area (Å²) in [5.41, 5.74) is 1.75. The van der Waals surface area contributed by atoms with E-state index in [1.807, 2.05) is 24.3 Å². The van der Waals surface area contributed by atoms with Crippen molar-refractivity contribution in [3.63, 3.8) is 0 Å². The normalized spacial score (nSPS) is 24.1. The third kappa shape index (κ3) is 3.20. The Morgan fingerprint density at radius 3 is 2.41 bits per heavy atom. The fourth-order valence-electron chi connectivity index (χ4n) is 2.24. The van der Waals surface area contributed by atoms with Gasteiger partial charge in [0.2, 0.25) is 6.41 Å². The summed E-state index contributed by atoms with van der Waals surface area (Å²) in [4.78, 5) is 10.5. The first kappa shape index (κ1) is 11.9. The van der Waals surface area contributed by atoms with Crippen molar-refractivity contribution in [3.05, 3.63) is 24.3 Å². The second kappa shape index (κ2) is 5.68. The number of amides is 1. The number of aliphatic hydroxyl groups is 1. The van der Waals surface area contributed by atoms with Gasteiger partial charge in [0.15, 0.2) is 0 Å². The van der Waals surface area contributed by atoms with Crippen LogP contribution in [-0.4, -0.2) is 23.7 Å². The van der Waals surface area contributed by atoms with Crippen molar-refractivity contribution >= 4 is 17.8 Å². The number of nitrogens with one attached hydrogen (secondary N) is 2. The number of rotatable bonds is 4. The van der Waals surface area contributed by atoms with E-state index >= 15 is 0 Å². The lowest BCUT2D eigenvalue weighted by atomic mass is 9.93. The summed E-state index contributed by atoms with van der Waals surface area (Å²) in [6, 6.07) is 8.04. The van der Waals surface area contributed by atoms with Crippen LogP contribution in [0.4, 0.5) is 11.4 Å². The average molecular weight is 234 g/mol. The minimum Gasteiger partial charge on any atom is -0.393 e. The Labute approximate surface area is 101 Å². The van der Waals surface area contributed by atoms with E-state index < -0.39 is 0 Å². The molecule has 1 fully saturated rings. The third-order valence-electron chi connectivity index (χ3n) is 3.20. The molecular weight excluding hydrogens is 216 g/mol. The Morgan fingerprint density at radius 1 is 1.12 bits per heavy atom. The second-order valence-electron chi connectivity index (χ2n) is 4.46. The van der Waals surface area contributed by atoms with E-state index in [4.69, 9.17) is 0 Å². The lowest BCUT2D eigenvalue weighted by molar-refractivity contribution is -0.105.